The van der Waals surface area contributed by atoms with Gasteiger partial charge in [0.05, 0.1) is 0 Å². The van der Waals surface area contributed by atoms with Crippen molar-refractivity contribution in [2.45, 2.75) is 19.9 Å². The van der Waals surface area contributed by atoms with E-state index in [1.54, 1.807) is 0 Å². The monoisotopic (exact) mass is 280 g/mol. The Morgan fingerprint density at radius 1 is 1.05 bits per heavy atom. The number of amides is 1. The van der Waals surface area contributed by atoms with Crippen molar-refractivity contribution in [2.24, 2.45) is 0 Å². The Bertz CT molecular complexity index is 415. The van der Waals surface area contributed by atoms with Crippen LogP contribution in [0.3, 0.4) is 0 Å². The smallest absolute Gasteiger partial charge is 0.253 e. The highest BCUT2D eigenvalue weighted by Crippen LogP contribution is 2.09. The second-order valence-corrected chi connectivity index (χ2v) is 5.29. The summed E-state index contributed by atoms with van der Waals surface area (Å²) in [6.45, 7) is 8.05. The first-order valence-electron chi connectivity index (χ1n) is 6.68. The van der Waals surface area contributed by atoms with Gasteiger partial charge in [-0.25, -0.2) is 0 Å². The predicted octanol–water partition coefficient (Wildman–Crippen LogP) is -1.54. The van der Waals surface area contributed by atoms with E-state index < -0.39 is 0 Å². The summed E-state index contributed by atoms with van der Waals surface area (Å²) in [6.07, 6.45) is 0. The summed E-state index contributed by atoms with van der Waals surface area (Å²) >= 11 is 0. The first kappa shape index (κ1) is 18.6. The molecular formula is C14H25BN2O3. The fraction of sp³-hybridized carbons (Fsp3) is 0.500. The van der Waals surface area contributed by atoms with Crippen molar-refractivity contribution in [3.05, 3.63) is 29.8 Å². The van der Waals surface area contributed by atoms with Gasteiger partial charge in [-0.05, 0) is 13.8 Å². The molecule has 1 fully saturated rings. The van der Waals surface area contributed by atoms with Crippen molar-refractivity contribution in [1.29, 1.82) is 0 Å². The molecule has 0 aromatic heterocycles. The second-order valence-electron chi connectivity index (χ2n) is 5.29. The molecular weight excluding hydrogens is 255 g/mol. The molecule has 6 heteroatoms. The second kappa shape index (κ2) is 8.04. The molecule has 0 bridgehead atoms. The van der Waals surface area contributed by atoms with Crippen LogP contribution in [0.2, 0.25) is 0 Å². The molecule has 1 heterocycles. The van der Waals surface area contributed by atoms with Gasteiger partial charge in [0.1, 0.15) is 7.85 Å². The Morgan fingerprint density at radius 3 is 2.00 bits per heavy atom. The summed E-state index contributed by atoms with van der Waals surface area (Å²) in [5.74, 6) is 0.165. The van der Waals surface area contributed by atoms with Gasteiger partial charge in [-0.15, -0.1) is 0 Å². The van der Waals surface area contributed by atoms with Crippen molar-refractivity contribution in [2.75, 3.05) is 26.2 Å². The van der Waals surface area contributed by atoms with Crippen LogP contribution in [0, 0.1) is 0 Å². The Balaban J connectivity index is 0.00000180. The van der Waals surface area contributed by atoms with Crippen molar-refractivity contribution in [3.63, 3.8) is 0 Å². The summed E-state index contributed by atoms with van der Waals surface area (Å²) in [5, 5.41) is 0. The summed E-state index contributed by atoms with van der Waals surface area (Å²) in [4.78, 5) is 16.7. The third-order valence-electron chi connectivity index (χ3n) is 3.63. The lowest BCUT2D eigenvalue weighted by atomic mass is 9.95. The largest absolute Gasteiger partial charge is 0.412 e. The van der Waals surface area contributed by atoms with Gasteiger partial charge in [0.2, 0.25) is 0 Å². The maximum atomic E-state index is 12.3. The molecule has 4 N–H and O–H groups in total. The lowest BCUT2D eigenvalue weighted by Crippen LogP contribution is -2.50. The summed E-state index contributed by atoms with van der Waals surface area (Å²) < 4.78 is 0. The average Bonchev–Trinajstić information content (AvgIpc) is 2.39. The van der Waals surface area contributed by atoms with Gasteiger partial charge in [-0.2, -0.15) is 0 Å². The van der Waals surface area contributed by atoms with Crippen molar-refractivity contribution in [3.8, 4) is 0 Å². The molecule has 0 unspecified atom stereocenters. The van der Waals surface area contributed by atoms with E-state index in [1.165, 1.54) is 5.46 Å². The van der Waals surface area contributed by atoms with E-state index >= 15 is 0 Å². The number of rotatable bonds is 2. The van der Waals surface area contributed by atoms with Gasteiger partial charge >= 0.3 is 0 Å². The lowest BCUT2D eigenvalue weighted by molar-refractivity contribution is 0.0595. The topological polar surface area (TPSA) is 86.6 Å². The van der Waals surface area contributed by atoms with Crippen LogP contribution < -0.4 is 5.46 Å². The SMILES string of the molecule is Bc1ccc(C(=O)N2CCN(C(C)C)CC2)cc1.O.O. The number of carbonyl (C=O) groups excluding carboxylic acids is 1. The minimum absolute atomic E-state index is 0. The summed E-state index contributed by atoms with van der Waals surface area (Å²) in [7, 11) is 2.04. The van der Waals surface area contributed by atoms with Crippen molar-refractivity contribution < 1.29 is 15.7 Å². The molecule has 1 aliphatic rings. The number of benzene rings is 1. The van der Waals surface area contributed by atoms with Gasteiger partial charge in [0, 0.05) is 37.8 Å². The van der Waals surface area contributed by atoms with Crippen LogP contribution in [0.4, 0.5) is 0 Å². The molecule has 20 heavy (non-hydrogen) atoms. The lowest BCUT2D eigenvalue weighted by Gasteiger charge is -2.37. The number of carbonyl (C=O) groups is 1. The molecule has 1 aliphatic heterocycles. The van der Waals surface area contributed by atoms with E-state index in [0.717, 1.165) is 31.7 Å². The van der Waals surface area contributed by atoms with Crippen molar-refractivity contribution >= 4 is 19.2 Å². The first-order chi connectivity index (χ1) is 8.58. The van der Waals surface area contributed by atoms with Crippen LogP contribution in [0.5, 0.6) is 0 Å². The molecule has 5 nitrogen and oxygen atoms in total. The van der Waals surface area contributed by atoms with Gasteiger partial charge in [0.25, 0.3) is 5.91 Å². The van der Waals surface area contributed by atoms with E-state index in [-0.39, 0.29) is 16.9 Å². The fourth-order valence-electron chi connectivity index (χ4n) is 2.32. The normalized spacial score (nSPS) is 15.4. The van der Waals surface area contributed by atoms with E-state index in [0.29, 0.717) is 6.04 Å². The fourth-order valence-corrected chi connectivity index (χ4v) is 2.32. The molecule has 0 atom stereocenters. The van der Waals surface area contributed by atoms with Crippen LogP contribution in [-0.4, -0.2) is 66.7 Å². The quantitative estimate of drug-likeness (QED) is 0.615. The highest BCUT2D eigenvalue weighted by atomic mass is 16.2. The minimum atomic E-state index is 0. The van der Waals surface area contributed by atoms with Crippen LogP contribution in [-0.2, 0) is 0 Å². The number of nitrogens with zero attached hydrogens (tertiary/aromatic N) is 2. The van der Waals surface area contributed by atoms with E-state index in [9.17, 15) is 4.79 Å². The Hall–Kier alpha value is -1.37. The van der Waals surface area contributed by atoms with Crippen LogP contribution in [0.1, 0.15) is 24.2 Å². The highest BCUT2D eigenvalue weighted by molar-refractivity contribution is 6.32. The summed E-state index contributed by atoms with van der Waals surface area (Å²) in [6, 6.07) is 8.41. The number of piperazine rings is 1. The predicted molar refractivity (Wildman–Crippen MR) is 84.5 cm³/mol. The molecule has 0 spiro atoms. The van der Waals surface area contributed by atoms with Gasteiger partial charge in [-0.3, -0.25) is 9.69 Å². The Labute approximate surface area is 121 Å². The Morgan fingerprint density at radius 2 is 1.55 bits per heavy atom. The molecule has 0 aliphatic carbocycles. The zero-order valence-corrected chi connectivity index (χ0v) is 12.5. The van der Waals surface area contributed by atoms with Gasteiger partial charge in [0.15, 0.2) is 0 Å². The zero-order valence-electron chi connectivity index (χ0n) is 12.5. The summed E-state index contributed by atoms with van der Waals surface area (Å²) in [5.41, 5.74) is 2.00. The van der Waals surface area contributed by atoms with Gasteiger partial charge in [-0.1, -0.05) is 29.7 Å². The zero-order chi connectivity index (χ0) is 13.1. The molecule has 1 amide bonds. The molecule has 2 rings (SSSR count). The third-order valence-corrected chi connectivity index (χ3v) is 3.63. The van der Waals surface area contributed by atoms with Crippen LogP contribution in [0.15, 0.2) is 24.3 Å². The minimum Gasteiger partial charge on any atom is -0.412 e. The number of hydrogen-bond acceptors (Lipinski definition) is 2. The molecule has 112 valence electrons. The van der Waals surface area contributed by atoms with Crippen molar-refractivity contribution in [1.82, 2.24) is 9.80 Å². The van der Waals surface area contributed by atoms with Crippen LogP contribution >= 0.6 is 0 Å². The molecule has 1 aromatic rings. The molecule has 1 aromatic carbocycles. The average molecular weight is 280 g/mol. The maximum Gasteiger partial charge on any atom is 0.253 e. The molecule has 0 radical (unpaired) electrons. The van der Waals surface area contributed by atoms with E-state index in [4.69, 9.17) is 0 Å². The highest BCUT2D eigenvalue weighted by Gasteiger charge is 2.22. The molecule has 0 saturated carbocycles. The Kier molecular flexibility index (Phi) is 7.49. The third kappa shape index (κ3) is 4.33. The standard InChI is InChI=1S/C14H21BN2O.2H2O/c1-11(2)16-7-9-17(10-8-16)14(18)12-3-5-13(15)6-4-12;;/h3-6,11H,7-10,15H2,1-2H3;2*1H2. The molecule has 1 saturated heterocycles. The number of hydrogen-bond donors (Lipinski definition) is 0. The first-order valence-corrected chi connectivity index (χ1v) is 6.68. The van der Waals surface area contributed by atoms with Gasteiger partial charge < -0.3 is 15.9 Å². The maximum absolute atomic E-state index is 12.3. The van der Waals surface area contributed by atoms with E-state index in [2.05, 4.69) is 18.7 Å². The van der Waals surface area contributed by atoms with Crippen LogP contribution in [0.25, 0.3) is 0 Å². The van der Waals surface area contributed by atoms with E-state index in [1.807, 2.05) is 37.0 Å².